The molecule has 0 radical (unpaired) electrons. The number of fused-ring (bicyclic) bond motifs is 1. The maximum absolute atomic E-state index is 12.4. The highest BCUT2D eigenvalue weighted by atomic mass is 16.5. The average molecular weight is 344 g/mol. The summed E-state index contributed by atoms with van der Waals surface area (Å²) < 4.78 is 6.99. The maximum atomic E-state index is 12.4. The van der Waals surface area contributed by atoms with Gasteiger partial charge >= 0.3 is 0 Å². The molecule has 0 unspecified atom stereocenters. The van der Waals surface area contributed by atoms with Crippen molar-refractivity contribution in [2.45, 2.75) is 20.4 Å². The number of hydrogen-bond donors (Lipinski definition) is 1. The van der Waals surface area contributed by atoms with Crippen LogP contribution in [0.4, 0.5) is 0 Å². The maximum Gasteiger partial charge on any atom is 0.272 e. The molecule has 0 aliphatic carbocycles. The van der Waals surface area contributed by atoms with Gasteiger partial charge in [0.1, 0.15) is 5.69 Å². The molecule has 0 atom stereocenters. The van der Waals surface area contributed by atoms with Crippen LogP contribution in [-0.2, 0) is 11.3 Å². The fraction of sp³-hybridized carbons (Fsp3) is 0.500. The van der Waals surface area contributed by atoms with Crippen LogP contribution < -0.4 is 10.9 Å². The topological polar surface area (TPSA) is 76.5 Å². The second kappa shape index (κ2) is 7.76. The molecule has 1 amide bonds. The number of hydrogen-bond acceptors (Lipinski definition) is 5. The summed E-state index contributed by atoms with van der Waals surface area (Å²) in [5, 5.41) is 2.95. The number of carbonyl (C=O) groups is 1. The van der Waals surface area contributed by atoms with Crippen molar-refractivity contribution in [3.63, 3.8) is 0 Å². The highest BCUT2D eigenvalue weighted by Gasteiger charge is 2.13. The Balaban J connectivity index is 1.71. The van der Waals surface area contributed by atoms with Crippen molar-refractivity contribution in [3.8, 4) is 0 Å². The van der Waals surface area contributed by atoms with Crippen LogP contribution in [0.1, 0.15) is 23.0 Å². The Morgan fingerprint density at radius 3 is 2.80 bits per heavy atom. The highest BCUT2D eigenvalue weighted by molar-refractivity contribution is 5.97. The number of nitrogens with one attached hydrogen (secondary N) is 1. The Labute approximate surface area is 146 Å². The molecular weight excluding hydrogens is 320 g/mol. The summed E-state index contributed by atoms with van der Waals surface area (Å²) in [5.41, 5.74) is 2.34. The van der Waals surface area contributed by atoms with E-state index < -0.39 is 0 Å². The van der Waals surface area contributed by atoms with E-state index >= 15 is 0 Å². The highest BCUT2D eigenvalue weighted by Crippen LogP contribution is 2.13. The van der Waals surface area contributed by atoms with E-state index in [1.807, 2.05) is 6.92 Å². The molecule has 1 aliphatic rings. The van der Waals surface area contributed by atoms with Crippen LogP contribution in [0, 0.1) is 6.92 Å². The number of benzene rings is 1. The second-order valence-electron chi connectivity index (χ2n) is 6.16. The lowest BCUT2D eigenvalue weighted by molar-refractivity contribution is 0.0383. The van der Waals surface area contributed by atoms with E-state index in [9.17, 15) is 9.59 Å². The first-order valence-corrected chi connectivity index (χ1v) is 8.69. The van der Waals surface area contributed by atoms with Gasteiger partial charge in [-0.15, -0.1) is 0 Å². The molecule has 7 heteroatoms. The molecule has 1 aliphatic heterocycles. The number of carbonyl (C=O) groups excluding carboxylic acids is 1. The molecule has 0 saturated carbocycles. The standard InChI is InChI=1S/C18H24N4O3/c1-3-22-16-5-4-14(12-15(16)20-13(2)18(22)24)17(23)19-6-7-21-8-10-25-11-9-21/h4-5,12H,3,6-11H2,1-2H3,(H,19,23). The lowest BCUT2D eigenvalue weighted by Crippen LogP contribution is -2.41. The van der Waals surface area contributed by atoms with E-state index in [1.165, 1.54) is 0 Å². The van der Waals surface area contributed by atoms with E-state index in [0.717, 1.165) is 38.4 Å². The Morgan fingerprint density at radius 1 is 1.32 bits per heavy atom. The third-order valence-electron chi connectivity index (χ3n) is 4.50. The smallest absolute Gasteiger partial charge is 0.272 e. The summed E-state index contributed by atoms with van der Waals surface area (Å²) in [6.45, 7) is 8.92. The van der Waals surface area contributed by atoms with Crippen molar-refractivity contribution in [2.24, 2.45) is 0 Å². The van der Waals surface area contributed by atoms with E-state index in [4.69, 9.17) is 4.74 Å². The summed E-state index contributed by atoms with van der Waals surface area (Å²) in [4.78, 5) is 31.1. The second-order valence-corrected chi connectivity index (χ2v) is 6.16. The third kappa shape index (κ3) is 3.88. The van der Waals surface area contributed by atoms with Gasteiger partial charge in [-0.05, 0) is 32.0 Å². The fourth-order valence-electron chi connectivity index (χ4n) is 3.08. The molecule has 0 bridgehead atoms. The van der Waals surface area contributed by atoms with Gasteiger partial charge in [-0.25, -0.2) is 4.98 Å². The summed E-state index contributed by atoms with van der Waals surface area (Å²) >= 11 is 0. The third-order valence-corrected chi connectivity index (χ3v) is 4.50. The number of nitrogens with zero attached hydrogens (tertiary/aromatic N) is 3. The molecule has 7 nitrogen and oxygen atoms in total. The predicted octanol–water partition coefficient (Wildman–Crippen LogP) is 0.787. The normalized spacial score (nSPS) is 15.4. The number of amides is 1. The van der Waals surface area contributed by atoms with Crippen molar-refractivity contribution in [1.82, 2.24) is 19.8 Å². The number of rotatable bonds is 5. The molecule has 134 valence electrons. The zero-order valence-electron chi connectivity index (χ0n) is 14.7. The Bertz CT molecular complexity index is 825. The summed E-state index contributed by atoms with van der Waals surface area (Å²) in [7, 11) is 0. The van der Waals surface area contributed by atoms with Gasteiger partial charge in [-0.2, -0.15) is 0 Å². The van der Waals surface area contributed by atoms with Gasteiger partial charge in [-0.1, -0.05) is 0 Å². The number of morpholine rings is 1. The van der Waals surface area contributed by atoms with Crippen molar-refractivity contribution < 1.29 is 9.53 Å². The first-order valence-electron chi connectivity index (χ1n) is 8.69. The van der Waals surface area contributed by atoms with E-state index in [-0.39, 0.29) is 11.5 Å². The molecule has 1 aromatic heterocycles. The van der Waals surface area contributed by atoms with E-state index in [2.05, 4.69) is 15.2 Å². The predicted molar refractivity (Wildman–Crippen MR) is 96.0 cm³/mol. The van der Waals surface area contributed by atoms with Gasteiger partial charge in [0.15, 0.2) is 0 Å². The minimum absolute atomic E-state index is 0.0855. The quantitative estimate of drug-likeness (QED) is 0.868. The van der Waals surface area contributed by atoms with Crippen LogP contribution >= 0.6 is 0 Å². The summed E-state index contributed by atoms with van der Waals surface area (Å²) in [6, 6.07) is 5.29. The summed E-state index contributed by atoms with van der Waals surface area (Å²) in [5.74, 6) is -0.121. The molecule has 1 N–H and O–H groups in total. The molecular formula is C18H24N4O3. The molecule has 3 rings (SSSR count). The van der Waals surface area contributed by atoms with E-state index in [0.29, 0.717) is 29.9 Å². The largest absolute Gasteiger partial charge is 0.379 e. The van der Waals surface area contributed by atoms with Crippen molar-refractivity contribution in [3.05, 3.63) is 39.8 Å². The average Bonchev–Trinajstić information content (AvgIpc) is 2.63. The first-order chi connectivity index (χ1) is 12.1. The lowest BCUT2D eigenvalue weighted by atomic mass is 10.1. The Kier molecular flexibility index (Phi) is 5.45. The monoisotopic (exact) mass is 344 g/mol. The van der Waals surface area contributed by atoms with Gasteiger partial charge in [-0.3, -0.25) is 14.5 Å². The van der Waals surface area contributed by atoms with Gasteiger partial charge < -0.3 is 14.6 Å². The van der Waals surface area contributed by atoms with Crippen LogP contribution in [0.5, 0.6) is 0 Å². The SMILES string of the molecule is CCn1c(=O)c(C)nc2cc(C(=O)NCCN3CCOCC3)ccc21. The van der Waals surface area contributed by atoms with Crippen LogP contribution in [0.25, 0.3) is 11.0 Å². The van der Waals surface area contributed by atoms with Crippen molar-refractivity contribution >= 4 is 16.9 Å². The zero-order chi connectivity index (χ0) is 17.8. The summed E-state index contributed by atoms with van der Waals surface area (Å²) in [6.07, 6.45) is 0. The van der Waals surface area contributed by atoms with Crippen LogP contribution in [0.2, 0.25) is 0 Å². The van der Waals surface area contributed by atoms with Gasteiger partial charge in [0.25, 0.3) is 11.5 Å². The van der Waals surface area contributed by atoms with Gasteiger partial charge in [0.05, 0.1) is 24.2 Å². The van der Waals surface area contributed by atoms with Gasteiger partial charge in [0, 0.05) is 38.3 Å². The zero-order valence-corrected chi connectivity index (χ0v) is 14.7. The number of aromatic nitrogens is 2. The van der Waals surface area contributed by atoms with E-state index in [1.54, 1.807) is 29.7 Å². The van der Waals surface area contributed by atoms with Crippen molar-refractivity contribution in [2.75, 3.05) is 39.4 Å². The van der Waals surface area contributed by atoms with Crippen LogP contribution in [0.15, 0.2) is 23.0 Å². The number of aryl methyl sites for hydroxylation is 2. The Morgan fingerprint density at radius 2 is 2.08 bits per heavy atom. The molecule has 1 aromatic carbocycles. The van der Waals surface area contributed by atoms with Crippen molar-refractivity contribution in [1.29, 1.82) is 0 Å². The minimum Gasteiger partial charge on any atom is -0.379 e. The molecule has 2 heterocycles. The lowest BCUT2D eigenvalue weighted by Gasteiger charge is -2.26. The Hall–Kier alpha value is -2.25. The minimum atomic E-state index is -0.121. The fourth-order valence-corrected chi connectivity index (χ4v) is 3.08. The molecule has 0 spiro atoms. The molecule has 1 fully saturated rings. The number of ether oxygens (including phenoxy) is 1. The van der Waals surface area contributed by atoms with Crippen LogP contribution in [-0.4, -0.2) is 59.8 Å². The van der Waals surface area contributed by atoms with Gasteiger partial charge in [0.2, 0.25) is 0 Å². The molecule has 1 saturated heterocycles. The first kappa shape index (κ1) is 17.6. The molecule has 25 heavy (non-hydrogen) atoms. The molecule has 2 aromatic rings. The van der Waals surface area contributed by atoms with Crippen LogP contribution in [0.3, 0.4) is 0 Å².